The summed E-state index contributed by atoms with van der Waals surface area (Å²) in [7, 11) is 1.38. The van der Waals surface area contributed by atoms with E-state index >= 15 is 4.39 Å². The van der Waals surface area contributed by atoms with E-state index in [4.69, 9.17) is 23.9 Å². The van der Waals surface area contributed by atoms with Crippen molar-refractivity contribution in [1.29, 1.82) is 0 Å². The molecule has 5 heterocycles. The van der Waals surface area contributed by atoms with Crippen LogP contribution in [0.1, 0.15) is 76.7 Å². The van der Waals surface area contributed by atoms with Crippen molar-refractivity contribution in [2.45, 2.75) is 91.1 Å². The molecule has 0 amide bonds. The highest BCUT2D eigenvalue weighted by atomic mass is 19.1. The summed E-state index contributed by atoms with van der Waals surface area (Å²) in [5.41, 5.74) is 4.56. The number of hydrogen-bond acceptors (Lipinski definition) is 7. The number of fused-ring (bicyclic) bond motifs is 7. The lowest BCUT2D eigenvalue weighted by atomic mass is 9.92. The number of esters is 1. The highest BCUT2D eigenvalue weighted by molar-refractivity contribution is 5.82. The molecule has 2 atom stereocenters. The quantitative estimate of drug-likeness (QED) is 0.158. The molecular weight excluding hydrogens is 640 g/mol. The highest BCUT2D eigenvalue weighted by Crippen LogP contribution is 2.42. The molecule has 4 aromatic rings. The summed E-state index contributed by atoms with van der Waals surface area (Å²) in [6.45, 7) is 15.5. The number of halogens is 2. The molecule has 3 aliphatic heterocycles. The van der Waals surface area contributed by atoms with Gasteiger partial charge < -0.3 is 23.8 Å². The first-order chi connectivity index (χ1) is 23.7. The van der Waals surface area contributed by atoms with Crippen LogP contribution in [0.15, 0.2) is 54.7 Å². The maximum Gasteiger partial charge on any atom is 0.339 e. The smallest absolute Gasteiger partial charge is 0.339 e. The molecule has 0 spiro atoms. The standard InChI is InChI=1S/C40H47F2N3O5/c1-24-12-9-10-19-48-40(7)15-17-44(18-16-40)37-33(35(38(46)47-8)50-39(4,5)6)25(2)26(3)36-43-32(23-45(36)37)28-14-11-13-27(20-28)30-21-29(41)22-31(42)34(30)49-24/h9-11,13-14,20-24,35H,12,15-19H2,1-8H3/t24-,35-/m0/s1. The van der Waals surface area contributed by atoms with Crippen molar-refractivity contribution < 1.29 is 32.5 Å². The van der Waals surface area contributed by atoms with Crippen LogP contribution in [-0.2, 0) is 19.0 Å². The van der Waals surface area contributed by atoms with Crippen LogP contribution in [0.3, 0.4) is 0 Å². The van der Waals surface area contributed by atoms with Crippen LogP contribution in [0.25, 0.3) is 28.0 Å². The second-order valence-electron chi connectivity index (χ2n) is 14.7. The predicted octanol–water partition coefficient (Wildman–Crippen LogP) is 8.70. The minimum Gasteiger partial charge on any atom is -0.487 e. The maximum atomic E-state index is 15.3. The van der Waals surface area contributed by atoms with Gasteiger partial charge in [-0.05, 0) is 90.1 Å². The van der Waals surface area contributed by atoms with E-state index in [-0.39, 0.29) is 17.5 Å². The first kappa shape index (κ1) is 35.5. The van der Waals surface area contributed by atoms with E-state index in [2.05, 4.69) is 11.8 Å². The van der Waals surface area contributed by atoms with Crippen molar-refractivity contribution in [3.63, 3.8) is 0 Å². The zero-order chi connectivity index (χ0) is 36.0. The number of carbonyl (C=O) groups excluding carboxylic acids is 1. The van der Waals surface area contributed by atoms with Gasteiger partial charge in [-0.2, -0.15) is 0 Å². The third-order valence-corrected chi connectivity index (χ3v) is 9.71. The summed E-state index contributed by atoms with van der Waals surface area (Å²) in [5.74, 6) is -1.14. The molecule has 1 saturated heterocycles. The first-order valence-electron chi connectivity index (χ1n) is 17.3. The van der Waals surface area contributed by atoms with E-state index in [1.54, 1.807) is 0 Å². The lowest BCUT2D eigenvalue weighted by Crippen LogP contribution is -2.45. The molecule has 266 valence electrons. The number of ether oxygens (including phenoxy) is 4. The molecule has 8 nitrogen and oxygen atoms in total. The summed E-state index contributed by atoms with van der Waals surface area (Å²) in [6.07, 6.45) is 6.57. The van der Waals surface area contributed by atoms with Gasteiger partial charge in [-0.25, -0.2) is 18.6 Å². The number of carbonyl (C=O) groups is 1. The van der Waals surface area contributed by atoms with Crippen molar-refractivity contribution in [1.82, 2.24) is 9.38 Å². The number of hydrogen-bond donors (Lipinski definition) is 0. The lowest BCUT2D eigenvalue weighted by Gasteiger charge is -2.42. The molecule has 2 aromatic heterocycles. The summed E-state index contributed by atoms with van der Waals surface area (Å²) in [5, 5.41) is 0. The number of benzene rings is 2. The Kier molecular flexibility index (Phi) is 9.81. The third-order valence-electron chi connectivity index (χ3n) is 9.71. The number of pyridine rings is 1. The summed E-state index contributed by atoms with van der Waals surface area (Å²) < 4.78 is 56.4. The molecule has 0 radical (unpaired) electrons. The predicted molar refractivity (Wildman–Crippen MR) is 191 cm³/mol. The number of methoxy groups -OCH3 is 1. The fourth-order valence-corrected chi connectivity index (χ4v) is 6.87. The zero-order valence-corrected chi connectivity index (χ0v) is 30.2. The van der Waals surface area contributed by atoms with E-state index in [0.29, 0.717) is 42.9 Å². The van der Waals surface area contributed by atoms with Crippen molar-refractivity contribution in [2.75, 3.05) is 31.7 Å². The minimum atomic E-state index is -0.990. The molecular formula is C40H47F2N3O5. The normalized spacial score (nSPS) is 20.4. The molecule has 0 unspecified atom stereocenters. The van der Waals surface area contributed by atoms with Crippen molar-refractivity contribution in [2.24, 2.45) is 0 Å². The van der Waals surface area contributed by atoms with Gasteiger partial charge in [-0.3, -0.25) is 4.40 Å². The van der Waals surface area contributed by atoms with Crippen molar-refractivity contribution in [3.05, 3.63) is 83.1 Å². The Morgan fingerprint density at radius 1 is 1.06 bits per heavy atom. The average molecular weight is 688 g/mol. The molecule has 0 N–H and O–H groups in total. The molecule has 3 aliphatic rings. The van der Waals surface area contributed by atoms with Crippen LogP contribution in [0.5, 0.6) is 5.75 Å². The first-order valence-corrected chi connectivity index (χ1v) is 17.3. The Bertz CT molecular complexity index is 1940. The Morgan fingerprint density at radius 2 is 1.78 bits per heavy atom. The molecule has 6 bridgehead atoms. The van der Waals surface area contributed by atoms with Crippen LogP contribution in [-0.4, -0.2) is 59.5 Å². The fraction of sp³-hybridized carbons (Fsp3) is 0.450. The molecule has 10 heteroatoms. The van der Waals surface area contributed by atoms with Gasteiger partial charge in [0.2, 0.25) is 0 Å². The lowest BCUT2D eigenvalue weighted by molar-refractivity contribution is -0.164. The van der Waals surface area contributed by atoms with Gasteiger partial charge >= 0.3 is 5.97 Å². The average Bonchev–Trinajstić information content (AvgIpc) is 3.51. The Hall–Kier alpha value is -4.28. The Balaban J connectivity index is 1.60. The van der Waals surface area contributed by atoms with Gasteiger partial charge in [-0.15, -0.1) is 0 Å². The Labute approximate surface area is 293 Å². The van der Waals surface area contributed by atoms with E-state index < -0.39 is 29.3 Å². The van der Waals surface area contributed by atoms with E-state index in [9.17, 15) is 9.18 Å². The molecule has 0 saturated carbocycles. The fourth-order valence-electron chi connectivity index (χ4n) is 6.87. The van der Waals surface area contributed by atoms with Gasteiger partial charge in [0.1, 0.15) is 17.3 Å². The van der Waals surface area contributed by atoms with Crippen LogP contribution in [0, 0.1) is 25.5 Å². The number of imidazole rings is 1. The van der Waals surface area contributed by atoms with Gasteiger partial charge in [0.05, 0.1) is 36.7 Å². The van der Waals surface area contributed by atoms with Gasteiger partial charge in [0.25, 0.3) is 0 Å². The summed E-state index contributed by atoms with van der Waals surface area (Å²) in [4.78, 5) is 20.9. The number of aromatic nitrogens is 2. The number of aryl methyl sites for hydroxylation is 1. The van der Waals surface area contributed by atoms with Crippen LogP contribution >= 0.6 is 0 Å². The number of anilines is 1. The van der Waals surface area contributed by atoms with Gasteiger partial charge in [0.15, 0.2) is 17.7 Å². The van der Waals surface area contributed by atoms with Crippen molar-refractivity contribution >= 4 is 17.4 Å². The summed E-state index contributed by atoms with van der Waals surface area (Å²) in [6, 6.07) is 9.60. The Morgan fingerprint density at radius 3 is 2.48 bits per heavy atom. The molecule has 0 aliphatic carbocycles. The van der Waals surface area contributed by atoms with E-state index in [1.807, 2.05) is 88.6 Å². The molecule has 2 aromatic carbocycles. The largest absolute Gasteiger partial charge is 0.487 e. The summed E-state index contributed by atoms with van der Waals surface area (Å²) >= 11 is 0. The second-order valence-corrected chi connectivity index (χ2v) is 14.7. The maximum absolute atomic E-state index is 15.3. The van der Waals surface area contributed by atoms with Gasteiger partial charge in [0, 0.05) is 48.5 Å². The topological polar surface area (TPSA) is 74.5 Å². The highest BCUT2D eigenvalue weighted by Gasteiger charge is 2.38. The van der Waals surface area contributed by atoms with Crippen LogP contribution in [0.2, 0.25) is 0 Å². The molecule has 7 rings (SSSR count). The van der Waals surface area contributed by atoms with E-state index in [1.165, 1.54) is 13.2 Å². The van der Waals surface area contributed by atoms with Crippen LogP contribution in [0.4, 0.5) is 14.6 Å². The SMILES string of the molecule is COC(=O)[C@@H](OC(C)(C)C)c1c(C)c(C)c2nc3cn2c1N1CCC(C)(CC1)OCC=CC[C@H](C)Oc1c(F)cc(F)cc1-c1cccc-3c1. The molecule has 50 heavy (non-hydrogen) atoms. The minimum absolute atomic E-state index is 0.00572. The monoisotopic (exact) mass is 687 g/mol. The third kappa shape index (κ3) is 7.14. The van der Waals surface area contributed by atoms with Gasteiger partial charge in [-0.1, -0.05) is 30.4 Å². The number of rotatable bonds is 3. The van der Waals surface area contributed by atoms with Crippen LogP contribution < -0.4 is 9.64 Å². The number of nitrogens with zero attached hydrogens (tertiary/aromatic N) is 3. The number of piperidine rings is 1. The second kappa shape index (κ2) is 13.8. The van der Waals surface area contributed by atoms with E-state index in [0.717, 1.165) is 52.6 Å². The zero-order valence-electron chi connectivity index (χ0n) is 30.2. The molecule has 1 fully saturated rings. The van der Waals surface area contributed by atoms with Crippen molar-refractivity contribution in [3.8, 4) is 28.1 Å².